The third kappa shape index (κ3) is 4.13. The Morgan fingerprint density at radius 2 is 1.93 bits per heavy atom. The molecule has 7 heteroatoms. The summed E-state index contributed by atoms with van der Waals surface area (Å²) < 4.78 is 37.2. The molecule has 2 aromatic carbocycles. The molecule has 3 rings (SSSR count). The third-order valence-electron chi connectivity index (χ3n) is 4.10. The lowest BCUT2D eigenvalue weighted by molar-refractivity contribution is 0.101. The fourth-order valence-corrected chi connectivity index (χ4v) is 2.62. The van der Waals surface area contributed by atoms with Crippen LogP contribution in [0.3, 0.4) is 0 Å². The van der Waals surface area contributed by atoms with Gasteiger partial charge in [0.1, 0.15) is 18.2 Å². The molecule has 5 nitrogen and oxygen atoms in total. The SMILES string of the molecule is Cc1ccc(NC(=O)c2noc(C)c2COc2ccc(F)cc2F)c(C)c1. The maximum absolute atomic E-state index is 13.7. The highest BCUT2D eigenvalue weighted by atomic mass is 19.1. The third-order valence-corrected chi connectivity index (χ3v) is 4.10. The highest BCUT2D eigenvalue weighted by molar-refractivity contribution is 6.04. The van der Waals surface area contributed by atoms with E-state index >= 15 is 0 Å². The average molecular weight is 372 g/mol. The number of carbonyl (C=O) groups excluding carboxylic acids is 1. The normalized spacial score (nSPS) is 10.7. The molecule has 0 radical (unpaired) electrons. The molecule has 0 bridgehead atoms. The largest absolute Gasteiger partial charge is 0.486 e. The fourth-order valence-electron chi connectivity index (χ4n) is 2.62. The molecule has 1 amide bonds. The Hall–Kier alpha value is -3.22. The Labute approximate surface area is 154 Å². The first-order chi connectivity index (χ1) is 12.8. The van der Waals surface area contributed by atoms with Gasteiger partial charge in [0.2, 0.25) is 0 Å². The summed E-state index contributed by atoms with van der Waals surface area (Å²) in [6.07, 6.45) is 0. The number of hydrogen-bond donors (Lipinski definition) is 1. The number of hydrogen-bond acceptors (Lipinski definition) is 4. The minimum atomic E-state index is -0.828. The lowest BCUT2D eigenvalue weighted by Gasteiger charge is -2.10. The zero-order chi connectivity index (χ0) is 19.6. The number of rotatable bonds is 5. The van der Waals surface area contributed by atoms with Gasteiger partial charge in [-0.3, -0.25) is 4.79 Å². The van der Waals surface area contributed by atoms with Crippen LogP contribution in [0.2, 0.25) is 0 Å². The van der Waals surface area contributed by atoms with Gasteiger partial charge in [-0.1, -0.05) is 22.9 Å². The average Bonchev–Trinajstić information content (AvgIpc) is 2.97. The lowest BCUT2D eigenvalue weighted by atomic mass is 10.1. The van der Waals surface area contributed by atoms with E-state index < -0.39 is 17.5 Å². The molecule has 27 heavy (non-hydrogen) atoms. The lowest BCUT2D eigenvalue weighted by Crippen LogP contribution is -2.16. The number of halogens is 2. The number of aryl methyl sites for hydroxylation is 3. The van der Waals surface area contributed by atoms with Crippen molar-refractivity contribution in [2.45, 2.75) is 27.4 Å². The Morgan fingerprint density at radius 3 is 2.63 bits per heavy atom. The number of carbonyl (C=O) groups is 1. The zero-order valence-electron chi connectivity index (χ0n) is 15.1. The summed E-state index contributed by atoms with van der Waals surface area (Å²) in [4.78, 5) is 12.6. The van der Waals surface area contributed by atoms with Gasteiger partial charge in [-0.05, 0) is 44.5 Å². The van der Waals surface area contributed by atoms with Gasteiger partial charge in [-0.2, -0.15) is 0 Å². The van der Waals surface area contributed by atoms with E-state index in [0.29, 0.717) is 17.0 Å². The summed E-state index contributed by atoms with van der Waals surface area (Å²) in [5.74, 6) is -1.74. The van der Waals surface area contributed by atoms with Gasteiger partial charge >= 0.3 is 0 Å². The van der Waals surface area contributed by atoms with E-state index in [2.05, 4.69) is 10.5 Å². The predicted octanol–water partition coefficient (Wildman–Crippen LogP) is 4.71. The summed E-state index contributed by atoms with van der Waals surface area (Å²) >= 11 is 0. The van der Waals surface area contributed by atoms with Crippen molar-refractivity contribution in [1.29, 1.82) is 0 Å². The Balaban J connectivity index is 1.78. The van der Waals surface area contributed by atoms with Crippen LogP contribution in [0.1, 0.15) is 32.9 Å². The molecule has 0 aliphatic rings. The second-order valence-electron chi connectivity index (χ2n) is 6.20. The van der Waals surface area contributed by atoms with Crippen molar-refractivity contribution in [2.24, 2.45) is 0 Å². The summed E-state index contributed by atoms with van der Waals surface area (Å²) in [6, 6.07) is 8.64. The quantitative estimate of drug-likeness (QED) is 0.704. The number of ether oxygens (including phenoxy) is 1. The first kappa shape index (κ1) is 18.6. The maximum atomic E-state index is 13.7. The molecular weight excluding hydrogens is 354 g/mol. The Morgan fingerprint density at radius 1 is 1.15 bits per heavy atom. The van der Waals surface area contributed by atoms with Crippen LogP contribution in [0.5, 0.6) is 5.75 Å². The van der Waals surface area contributed by atoms with Crippen LogP contribution in [0.4, 0.5) is 14.5 Å². The van der Waals surface area contributed by atoms with E-state index in [-0.39, 0.29) is 18.1 Å². The minimum absolute atomic E-state index is 0.0509. The van der Waals surface area contributed by atoms with E-state index in [1.807, 2.05) is 26.0 Å². The van der Waals surface area contributed by atoms with E-state index in [4.69, 9.17) is 9.26 Å². The number of nitrogens with zero attached hydrogens (tertiary/aromatic N) is 1. The van der Waals surface area contributed by atoms with Crippen LogP contribution in [0.15, 0.2) is 40.9 Å². The summed E-state index contributed by atoms with van der Waals surface area (Å²) in [6.45, 7) is 5.33. The molecule has 0 spiro atoms. The number of amides is 1. The van der Waals surface area contributed by atoms with Gasteiger partial charge in [0, 0.05) is 11.8 Å². The smallest absolute Gasteiger partial charge is 0.278 e. The molecule has 0 unspecified atom stereocenters. The molecule has 0 fully saturated rings. The van der Waals surface area contributed by atoms with Crippen LogP contribution < -0.4 is 10.1 Å². The van der Waals surface area contributed by atoms with Crippen molar-refractivity contribution >= 4 is 11.6 Å². The van der Waals surface area contributed by atoms with Crippen molar-refractivity contribution in [3.8, 4) is 5.75 Å². The molecule has 0 aliphatic heterocycles. The molecule has 1 aromatic heterocycles. The van der Waals surface area contributed by atoms with Gasteiger partial charge in [0.25, 0.3) is 5.91 Å². The van der Waals surface area contributed by atoms with E-state index in [1.165, 1.54) is 6.07 Å². The molecule has 0 atom stereocenters. The predicted molar refractivity (Wildman–Crippen MR) is 95.8 cm³/mol. The Kier molecular flexibility index (Phi) is 5.21. The zero-order valence-corrected chi connectivity index (χ0v) is 15.1. The summed E-state index contributed by atoms with van der Waals surface area (Å²) in [7, 11) is 0. The number of nitrogens with one attached hydrogen (secondary N) is 1. The number of anilines is 1. The summed E-state index contributed by atoms with van der Waals surface area (Å²) in [5.41, 5.74) is 3.09. The van der Waals surface area contributed by atoms with Crippen LogP contribution in [-0.2, 0) is 6.61 Å². The number of aromatic nitrogens is 1. The van der Waals surface area contributed by atoms with Crippen LogP contribution in [0.25, 0.3) is 0 Å². The van der Waals surface area contributed by atoms with Crippen molar-refractivity contribution in [1.82, 2.24) is 5.16 Å². The fraction of sp³-hybridized carbons (Fsp3) is 0.200. The van der Waals surface area contributed by atoms with Crippen molar-refractivity contribution in [3.05, 3.63) is 76.2 Å². The van der Waals surface area contributed by atoms with Crippen molar-refractivity contribution < 1.29 is 22.8 Å². The highest BCUT2D eigenvalue weighted by Gasteiger charge is 2.21. The van der Waals surface area contributed by atoms with Crippen LogP contribution in [-0.4, -0.2) is 11.1 Å². The van der Waals surface area contributed by atoms with E-state index in [1.54, 1.807) is 13.0 Å². The second kappa shape index (κ2) is 7.57. The van der Waals surface area contributed by atoms with Gasteiger partial charge in [0.05, 0.1) is 5.56 Å². The molecule has 140 valence electrons. The molecule has 3 aromatic rings. The molecule has 1 N–H and O–H groups in total. The van der Waals surface area contributed by atoms with Crippen LogP contribution in [0, 0.1) is 32.4 Å². The van der Waals surface area contributed by atoms with Crippen molar-refractivity contribution in [3.63, 3.8) is 0 Å². The summed E-state index contributed by atoms with van der Waals surface area (Å²) in [5, 5.41) is 6.57. The monoisotopic (exact) mass is 372 g/mol. The second-order valence-corrected chi connectivity index (χ2v) is 6.20. The van der Waals surface area contributed by atoms with Gasteiger partial charge < -0.3 is 14.6 Å². The van der Waals surface area contributed by atoms with E-state index in [9.17, 15) is 13.6 Å². The van der Waals surface area contributed by atoms with Crippen LogP contribution >= 0.6 is 0 Å². The maximum Gasteiger partial charge on any atom is 0.278 e. The highest BCUT2D eigenvalue weighted by Crippen LogP contribution is 2.23. The first-order valence-corrected chi connectivity index (χ1v) is 8.26. The molecule has 0 saturated heterocycles. The molecule has 1 heterocycles. The molecular formula is C20H18F2N2O3. The molecule has 0 aliphatic carbocycles. The van der Waals surface area contributed by atoms with Gasteiger partial charge in [-0.15, -0.1) is 0 Å². The van der Waals surface area contributed by atoms with Gasteiger partial charge in [-0.25, -0.2) is 8.78 Å². The first-order valence-electron chi connectivity index (χ1n) is 8.26. The minimum Gasteiger partial charge on any atom is -0.486 e. The topological polar surface area (TPSA) is 64.4 Å². The van der Waals surface area contributed by atoms with E-state index in [0.717, 1.165) is 23.3 Å². The number of benzene rings is 2. The Bertz CT molecular complexity index is 999. The van der Waals surface area contributed by atoms with Gasteiger partial charge in [0.15, 0.2) is 17.3 Å². The van der Waals surface area contributed by atoms with Crippen molar-refractivity contribution in [2.75, 3.05) is 5.32 Å². The molecule has 0 saturated carbocycles. The standard InChI is InChI=1S/C20H18F2N2O3/c1-11-4-6-17(12(2)8-11)23-20(25)19-15(13(3)27-24-19)10-26-18-7-5-14(21)9-16(18)22/h4-9H,10H2,1-3H3,(H,23,25).